The number of hydrazine groups is 1. The Hall–Kier alpha value is -2.26. The Labute approximate surface area is 172 Å². The molecule has 148 valence electrons. The molecule has 1 aliphatic heterocycles. The minimum absolute atomic E-state index is 0.103. The van der Waals surface area contributed by atoms with Crippen molar-refractivity contribution < 1.29 is 18.0 Å². The second-order valence-corrected chi connectivity index (χ2v) is 9.60. The van der Waals surface area contributed by atoms with Crippen molar-refractivity contribution in [3.05, 3.63) is 58.3 Å². The number of carbonyl (C=O) groups excluding carboxylic acids is 2. The second kappa shape index (κ2) is 8.40. The van der Waals surface area contributed by atoms with Gasteiger partial charge in [0.05, 0.1) is 17.7 Å². The summed E-state index contributed by atoms with van der Waals surface area (Å²) in [6, 6.07) is 8.07. The second-order valence-electron chi connectivity index (χ2n) is 6.67. The van der Waals surface area contributed by atoms with Crippen LogP contribution in [-0.2, 0) is 32.3 Å². The van der Waals surface area contributed by atoms with E-state index in [9.17, 15) is 18.0 Å². The molecular formula is C19H20BrN3O4S. The Bertz CT molecular complexity index is 992. The zero-order valence-electron chi connectivity index (χ0n) is 15.3. The van der Waals surface area contributed by atoms with Gasteiger partial charge in [0.15, 0.2) is 9.84 Å². The number of halogens is 1. The third-order valence-electron chi connectivity index (χ3n) is 4.43. The fraction of sp³-hybridized carbons (Fsp3) is 0.316. The smallest absolute Gasteiger partial charge is 0.245 e. The molecule has 1 aromatic heterocycles. The van der Waals surface area contributed by atoms with E-state index in [4.69, 9.17) is 0 Å². The van der Waals surface area contributed by atoms with Crippen LogP contribution in [-0.4, -0.2) is 54.6 Å². The molecule has 9 heteroatoms. The highest BCUT2D eigenvalue weighted by Crippen LogP contribution is 2.17. The van der Waals surface area contributed by atoms with Gasteiger partial charge in [0.25, 0.3) is 0 Å². The fourth-order valence-corrected chi connectivity index (χ4v) is 4.11. The number of nitrogens with zero attached hydrogens (tertiary/aromatic N) is 3. The van der Waals surface area contributed by atoms with E-state index in [1.807, 2.05) is 6.07 Å². The average Bonchev–Trinajstić information content (AvgIpc) is 3.11. The van der Waals surface area contributed by atoms with Gasteiger partial charge in [-0.3, -0.25) is 24.6 Å². The normalized spacial score (nSPS) is 14.4. The first-order valence-electron chi connectivity index (χ1n) is 8.73. The Balaban J connectivity index is 1.66. The SMILES string of the molecule is CS(=O)(=O)c1ccc(CC(=O)N2CCCN2C(=O)Cc2cncc(Br)c2)cc1. The molecule has 0 atom stereocenters. The summed E-state index contributed by atoms with van der Waals surface area (Å²) in [5, 5.41) is 2.98. The van der Waals surface area contributed by atoms with Crippen molar-refractivity contribution in [1.82, 2.24) is 15.0 Å². The van der Waals surface area contributed by atoms with Crippen LogP contribution in [0.3, 0.4) is 0 Å². The molecule has 0 bridgehead atoms. The van der Waals surface area contributed by atoms with Gasteiger partial charge in [0.2, 0.25) is 11.8 Å². The minimum Gasteiger partial charge on any atom is -0.273 e. The molecule has 2 aromatic rings. The Morgan fingerprint density at radius 2 is 1.57 bits per heavy atom. The molecule has 0 saturated carbocycles. The van der Waals surface area contributed by atoms with Crippen LogP contribution in [0.25, 0.3) is 0 Å². The summed E-state index contributed by atoms with van der Waals surface area (Å²) in [6.07, 6.45) is 5.41. The summed E-state index contributed by atoms with van der Waals surface area (Å²) in [7, 11) is -3.27. The molecule has 2 heterocycles. The van der Waals surface area contributed by atoms with Gasteiger partial charge in [-0.05, 0) is 51.7 Å². The molecule has 0 radical (unpaired) electrons. The Kier molecular flexibility index (Phi) is 6.14. The molecule has 1 saturated heterocycles. The Morgan fingerprint density at radius 1 is 1.00 bits per heavy atom. The predicted molar refractivity (Wildman–Crippen MR) is 107 cm³/mol. The summed E-state index contributed by atoms with van der Waals surface area (Å²) < 4.78 is 23.9. The first kappa shape index (κ1) is 20.5. The molecular weight excluding hydrogens is 446 g/mol. The van der Waals surface area contributed by atoms with Gasteiger partial charge in [0.1, 0.15) is 0 Å². The van der Waals surface area contributed by atoms with Crippen LogP contribution in [0.5, 0.6) is 0 Å². The quantitative estimate of drug-likeness (QED) is 0.673. The standard InChI is InChI=1S/C19H20BrN3O4S/c1-28(26,27)17-5-3-14(4-6-17)10-18(24)22-7-2-8-23(22)19(25)11-15-9-16(20)13-21-12-15/h3-6,9,12-13H,2,7-8,10-11H2,1H3. The number of amides is 2. The first-order chi connectivity index (χ1) is 13.2. The Morgan fingerprint density at radius 3 is 2.11 bits per heavy atom. The van der Waals surface area contributed by atoms with Crippen LogP contribution in [0, 0.1) is 0 Å². The largest absolute Gasteiger partial charge is 0.273 e. The van der Waals surface area contributed by atoms with Crippen molar-refractivity contribution in [3.63, 3.8) is 0 Å². The van der Waals surface area contributed by atoms with Gasteiger partial charge in [-0.2, -0.15) is 0 Å². The topological polar surface area (TPSA) is 87.7 Å². The van der Waals surface area contributed by atoms with Crippen LogP contribution in [0.15, 0.2) is 52.1 Å². The maximum Gasteiger partial charge on any atom is 0.245 e. The van der Waals surface area contributed by atoms with Gasteiger partial charge in [-0.1, -0.05) is 12.1 Å². The molecule has 7 nitrogen and oxygen atoms in total. The highest BCUT2D eigenvalue weighted by Gasteiger charge is 2.30. The summed E-state index contributed by atoms with van der Waals surface area (Å²) in [6.45, 7) is 0.988. The first-order valence-corrected chi connectivity index (χ1v) is 11.4. The zero-order chi connectivity index (χ0) is 20.3. The summed E-state index contributed by atoms with van der Waals surface area (Å²) >= 11 is 3.34. The highest BCUT2D eigenvalue weighted by atomic mass is 79.9. The molecule has 1 aliphatic rings. The summed E-state index contributed by atoms with van der Waals surface area (Å²) in [5.41, 5.74) is 1.47. The maximum atomic E-state index is 12.7. The number of hydrogen-bond acceptors (Lipinski definition) is 5. The number of sulfone groups is 1. The lowest BCUT2D eigenvalue weighted by atomic mass is 10.1. The van der Waals surface area contributed by atoms with Crippen molar-refractivity contribution in [1.29, 1.82) is 0 Å². The molecule has 0 N–H and O–H groups in total. The molecule has 1 aromatic carbocycles. The third-order valence-corrected chi connectivity index (χ3v) is 5.99. The molecule has 0 unspecified atom stereocenters. The van der Waals surface area contributed by atoms with E-state index >= 15 is 0 Å². The van der Waals surface area contributed by atoms with Crippen LogP contribution in [0.1, 0.15) is 17.5 Å². The number of pyridine rings is 1. The monoisotopic (exact) mass is 465 g/mol. The van der Waals surface area contributed by atoms with E-state index in [2.05, 4.69) is 20.9 Å². The van der Waals surface area contributed by atoms with Gasteiger partial charge < -0.3 is 0 Å². The predicted octanol–water partition coefficient (Wildman–Crippen LogP) is 2.01. The number of rotatable bonds is 5. The van der Waals surface area contributed by atoms with Crippen LogP contribution < -0.4 is 0 Å². The van der Waals surface area contributed by atoms with Crippen LogP contribution in [0.2, 0.25) is 0 Å². The van der Waals surface area contributed by atoms with Crippen LogP contribution >= 0.6 is 15.9 Å². The molecule has 0 aliphatic carbocycles. The third kappa shape index (κ3) is 4.96. The van der Waals surface area contributed by atoms with E-state index in [-0.39, 0.29) is 29.6 Å². The van der Waals surface area contributed by atoms with Gasteiger partial charge in [-0.25, -0.2) is 8.42 Å². The summed E-state index contributed by atoms with van der Waals surface area (Å²) in [4.78, 5) is 29.7. The molecule has 1 fully saturated rings. The molecule has 2 amide bonds. The van der Waals surface area contributed by atoms with E-state index in [1.165, 1.54) is 22.2 Å². The number of aromatic nitrogens is 1. The van der Waals surface area contributed by atoms with Gasteiger partial charge in [-0.15, -0.1) is 0 Å². The lowest BCUT2D eigenvalue weighted by Gasteiger charge is -2.28. The van der Waals surface area contributed by atoms with Gasteiger partial charge >= 0.3 is 0 Å². The van der Waals surface area contributed by atoms with Crippen molar-refractivity contribution >= 4 is 37.6 Å². The average molecular weight is 466 g/mol. The number of carbonyl (C=O) groups is 2. The minimum atomic E-state index is -3.27. The zero-order valence-corrected chi connectivity index (χ0v) is 17.7. The van der Waals surface area contributed by atoms with Crippen molar-refractivity contribution in [2.75, 3.05) is 19.3 Å². The number of hydrogen-bond donors (Lipinski definition) is 0. The van der Waals surface area contributed by atoms with E-state index in [0.29, 0.717) is 18.7 Å². The van der Waals surface area contributed by atoms with Crippen molar-refractivity contribution in [2.24, 2.45) is 0 Å². The highest BCUT2D eigenvalue weighted by molar-refractivity contribution is 9.10. The van der Waals surface area contributed by atoms with E-state index < -0.39 is 9.84 Å². The lowest BCUT2D eigenvalue weighted by molar-refractivity contribution is -0.157. The van der Waals surface area contributed by atoms with E-state index in [0.717, 1.165) is 22.7 Å². The fourth-order valence-electron chi connectivity index (χ4n) is 3.07. The maximum absolute atomic E-state index is 12.7. The van der Waals surface area contributed by atoms with Crippen LogP contribution in [0.4, 0.5) is 0 Å². The van der Waals surface area contributed by atoms with Crippen molar-refractivity contribution in [3.8, 4) is 0 Å². The van der Waals surface area contributed by atoms with E-state index in [1.54, 1.807) is 24.5 Å². The molecule has 28 heavy (non-hydrogen) atoms. The summed E-state index contributed by atoms with van der Waals surface area (Å²) in [5.74, 6) is -0.344. The molecule has 0 spiro atoms. The van der Waals surface area contributed by atoms with Gasteiger partial charge in [0, 0.05) is 36.2 Å². The van der Waals surface area contributed by atoms with Crippen molar-refractivity contribution in [2.45, 2.75) is 24.2 Å². The molecule has 3 rings (SSSR count). The lowest BCUT2D eigenvalue weighted by Crippen LogP contribution is -2.46. The number of benzene rings is 1.